The van der Waals surface area contributed by atoms with Crippen LogP contribution in [-0.4, -0.2) is 72.5 Å². The van der Waals surface area contributed by atoms with Gasteiger partial charge >= 0.3 is 6.03 Å². The Kier molecular flexibility index (Phi) is 13.1. The summed E-state index contributed by atoms with van der Waals surface area (Å²) in [7, 11) is 0. The van der Waals surface area contributed by atoms with Gasteiger partial charge in [-0.3, -0.25) is 9.69 Å². The summed E-state index contributed by atoms with van der Waals surface area (Å²) in [4.78, 5) is 31.8. The second-order valence-corrected chi connectivity index (χ2v) is 10.3. The van der Waals surface area contributed by atoms with Gasteiger partial charge in [0.05, 0.1) is 0 Å². The van der Waals surface area contributed by atoms with Crippen molar-refractivity contribution in [3.8, 4) is 0 Å². The summed E-state index contributed by atoms with van der Waals surface area (Å²) in [5.74, 6) is -0.0653. The molecule has 0 unspecified atom stereocenters. The number of benzene rings is 2. The van der Waals surface area contributed by atoms with Crippen LogP contribution in [0.2, 0.25) is 0 Å². The zero-order chi connectivity index (χ0) is 27.0. The molecule has 2 aromatic rings. The molecular formula is C31H45FN4O2. The Morgan fingerprint density at radius 1 is 0.868 bits per heavy atom. The summed E-state index contributed by atoms with van der Waals surface area (Å²) in [5, 5.41) is 3.08. The lowest BCUT2D eigenvalue weighted by molar-refractivity contribution is -0.132. The summed E-state index contributed by atoms with van der Waals surface area (Å²) in [6.07, 6.45) is 8.40. The van der Waals surface area contributed by atoms with E-state index in [2.05, 4.69) is 29.3 Å². The van der Waals surface area contributed by atoms with Crippen molar-refractivity contribution in [1.82, 2.24) is 20.0 Å². The van der Waals surface area contributed by atoms with E-state index in [0.29, 0.717) is 26.1 Å². The van der Waals surface area contributed by atoms with Crippen molar-refractivity contribution in [3.05, 3.63) is 71.5 Å². The maximum atomic E-state index is 13.4. The van der Waals surface area contributed by atoms with Gasteiger partial charge in [-0.1, -0.05) is 81.5 Å². The Hall–Kier alpha value is -2.93. The molecule has 0 radical (unpaired) electrons. The molecule has 3 amide bonds. The zero-order valence-electron chi connectivity index (χ0n) is 23.0. The van der Waals surface area contributed by atoms with E-state index in [1.165, 1.54) is 43.4 Å². The number of rotatable bonds is 15. The van der Waals surface area contributed by atoms with Gasteiger partial charge in [0.25, 0.3) is 0 Å². The molecule has 208 valence electrons. The third kappa shape index (κ3) is 10.8. The Labute approximate surface area is 228 Å². The summed E-state index contributed by atoms with van der Waals surface area (Å²) in [6, 6.07) is 16.4. The van der Waals surface area contributed by atoms with Crippen LogP contribution in [0, 0.1) is 5.82 Å². The topological polar surface area (TPSA) is 55.9 Å². The molecule has 1 heterocycles. The monoisotopic (exact) mass is 524 g/mol. The molecule has 0 saturated carbocycles. The van der Waals surface area contributed by atoms with E-state index < -0.39 is 0 Å². The van der Waals surface area contributed by atoms with Gasteiger partial charge in [0.15, 0.2) is 0 Å². The fourth-order valence-electron chi connectivity index (χ4n) is 4.81. The highest BCUT2D eigenvalue weighted by molar-refractivity contribution is 5.76. The first-order chi connectivity index (χ1) is 18.5. The van der Waals surface area contributed by atoms with E-state index in [9.17, 15) is 14.0 Å². The van der Waals surface area contributed by atoms with Crippen molar-refractivity contribution in [2.45, 2.75) is 64.8 Å². The summed E-state index contributed by atoms with van der Waals surface area (Å²) >= 11 is 0. The van der Waals surface area contributed by atoms with E-state index in [-0.39, 0.29) is 17.8 Å². The maximum absolute atomic E-state index is 13.4. The van der Waals surface area contributed by atoms with Crippen molar-refractivity contribution in [2.75, 3.05) is 45.8 Å². The molecule has 1 N–H and O–H groups in total. The smallest absolute Gasteiger partial charge is 0.317 e. The average molecular weight is 525 g/mol. The van der Waals surface area contributed by atoms with Crippen LogP contribution in [0.25, 0.3) is 0 Å². The molecule has 1 fully saturated rings. The standard InChI is InChI=1S/C31H45FN4O2/c1-2-3-4-5-6-10-19-33-31(38)36(26-28-13-16-29(32)17-14-28)25-22-34-20-23-35(24-21-34)30(37)18-15-27-11-8-7-9-12-27/h7-9,11-14,16-17H,2-6,10,15,18-26H2,1H3,(H,33,38). The molecule has 0 aliphatic carbocycles. The maximum Gasteiger partial charge on any atom is 0.317 e. The molecule has 0 aromatic heterocycles. The molecule has 7 heteroatoms. The van der Waals surface area contributed by atoms with E-state index in [4.69, 9.17) is 0 Å². The molecule has 3 rings (SSSR count). The van der Waals surface area contributed by atoms with Crippen LogP contribution < -0.4 is 5.32 Å². The molecule has 0 atom stereocenters. The number of urea groups is 1. The highest BCUT2D eigenvalue weighted by Gasteiger charge is 2.22. The second kappa shape index (κ2) is 16.8. The largest absolute Gasteiger partial charge is 0.340 e. The van der Waals surface area contributed by atoms with Crippen LogP contribution in [0.1, 0.15) is 63.0 Å². The van der Waals surface area contributed by atoms with E-state index in [1.54, 1.807) is 12.1 Å². The normalized spacial score (nSPS) is 13.9. The van der Waals surface area contributed by atoms with Crippen molar-refractivity contribution >= 4 is 11.9 Å². The molecule has 0 spiro atoms. The van der Waals surface area contributed by atoms with Crippen molar-refractivity contribution in [2.24, 2.45) is 0 Å². The van der Waals surface area contributed by atoms with Crippen molar-refractivity contribution in [1.29, 1.82) is 0 Å². The Morgan fingerprint density at radius 3 is 2.26 bits per heavy atom. The molecule has 38 heavy (non-hydrogen) atoms. The van der Waals surface area contributed by atoms with Gasteiger partial charge in [0.1, 0.15) is 5.82 Å². The van der Waals surface area contributed by atoms with Gasteiger partial charge in [-0.25, -0.2) is 9.18 Å². The number of nitrogens with zero attached hydrogens (tertiary/aromatic N) is 3. The number of aryl methyl sites for hydroxylation is 1. The summed E-state index contributed by atoms with van der Waals surface area (Å²) in [5.41, 5.74) is 2.10. The zero-order valence-corrected chi connectivity index (χ0v) is 23.0. The van der Waals surface area contributed by atoms with Crippen LogP contribution in [0.3, 0.4) is 0 Å². The number of hydrogen-bond acceptors (Lipinski definition) is 3. The van der Waals surface area contributed by atoms with Gasteiger partial charge in [-0.2, -0.15) is 0 Å². The first kappa shape index (κ1) is 29.6. The molecular weight excluding hydrogens is 479 g/mol. The quantitative estimate of drug-likeness (QED) is 0.314. The van der Waals surface area contributed by atoms with Crippen molar-refractivity contribution < 1.29 is 14.0 Å². The molecule has 6 nitrogen and oxygen atoms in total. The van der Waals surface area contributed by atoms with Gasteiger partial charge in [-0.05, 0) is 36.1 Å². The Morgan fingerprint density at radius 2 is 1.55 bits per heavy atom. The van der Waals surface area contributed by atoms with Gasteiger partial charge in [0, 0.05) is 58.8 Å². The highest BCUT2D eigenvalue weighted by Crippen LogP contribution is 2.11. The number of nitrogens with one attached hydrogen (secondary N) is 1. The SMILES string of the molecule is CCCCCCCCNC(=O)N(CCN1CCN(C(=O)CCc2ccccc2)CC1)Cc1ccc(F)cc1. The average Bonchev–Trinajstić information content (AvgIpc) is 2.95. The number of carbonyl (C=O) groups is 2. The van der Waals surface area contributed by atoms with Crippen LogP contribution in [0.4, 0.5) is 9.18 Å². The minimum atomic E-state index is -0.274. The molecule has 1 aliphatic heterocycles. The molecule has 1 saturated heterocycles. The van der Waals surface area contributed by atoms with Crippen LogP contribution in [0.15, 0.2) is 54.6 Å². The molecule has 0 bridgehead atoms. The number of carbonyl (C=O) groups excluding carboxylic acids is 2. The van der Waals surface area contributed by atoms with Gasteiger partial charge in [0.2, 0.25) is 5.91 Å². The number of piperazine rings is 1. The molecule has 2 aromatic carbocycles. The van der Waals surface area contributed by atoms with Crippen LogP contribution in [0.5, 0.6) is 0 Å². The lowest BCUT2D eigenvalue weighted by Crippen LogP contribution is -2.51. The third-order valence-corrected chi connectivity index (χ3v) is 7.26. The van der Waals surface area contributed by atoms with Crippen LogP contribution in [-0.2, 0) is 17.8 Å². The predicted molar refractivity (Wildman–Crippen MR) is 151 cm³/mol. The fourth-order valence-corrected chi connectivity index (χ4v) is 4.81. The first-order valence-electron chi connectivity index (χ1n) is 14.4. The van der Waals surface area contributed by atoms with E-state index in [0.717, 1.165) is 57.5 Å². The number of unbranched alkanes of at least 4 members (excludes halogenated alkanes) is 5. The fraction of sp³-hybridized carbons (Fsp3) is 0.548. The predicted octanol–water partition coefficient (Wildman–Crippen LogP) is 5.47. The second-order valence-electron chi connectivity index (χ2n) is 10.3. The minimum Gasteiger partial charge on any atom is -0.340 e. The highest BCUT2D eigenvalue weighted by atomic mass is 19.1. The van der Waals surface area contributed by atoms with Gasteiger partial charge in [-0.15, -0.1) is 0 Å². The number of amides is 3. The third-order valence-electron chi connectivity index (χ3n) is 7.26. The summed E-state index contributed by atoms with van der Waals surface area (Å²) in [6.45, 7) is 7.71. The van der Waals surface area contributed by atoms with E-state index in [1.807, 2.05) is 28.0 Å². The lowest BCUT2D eigenvalue weighted by Gasteiger charge is -2.36. The summed E-state index contributed by atoms with van der Waals surface area (Å²) < 4.78 is 13.4. The Bertz CT molecular complexity index is 946. The lowest BCUT2D eigenvalue weighted by atomic mass is 10.1. The molecule has 1 aliphatic rings. The minimum absolute atomic E-state index is 0.0717. The van der Waals surface area contributed by atoms with Crippen LogP contribution >= 0.6 is 0 Å². The van der Waals surface area contributed by atoms with Crippen molar-refractivity contribution in [3.63, 3.8) is 0 Å². The Balaban J connectivity index is 1.42. The first-order valence-corrected chi connectivity index (χ1v) is 14.4. The van der Waals surface area contributed by atoms with Gasteiger partial charge < -0.3 is 15.1 Å². The van der Waals surface area contributed by atoms with E-state index >= 15 is 0 Å². The number of halogens is 1. The number of hydrogen-bond donors (Lipinski definition) is 1.